The highest BCUT2D eigenvalue weighted by molar-refractivity contribution is 5.79. The average molecular weight is 398 g/mol. The minimum absolute atomic E-state index is 0.655. The zero-order valence-corrected chi connectivity index (χ0v) is 17.8. The molecule has 2 N–H and O–H groups in total. The summed E-state index contributed by atoms with van der Waals surface area (Å²) in [6.07, 6.45) is 8.60. The van der Waals surface area contributed by atoms with Crippen LogP contribution in [0.1, 0.15) is 50.7 Å². The van der Waals surface area contributed by atoms with E-state index in [0.717, 1.165) is 38.2 Å². The fourth-order valence-corrected chi connectivity index (χ4v) is 3.97. The number of nitrogens with one attached hydrogen (secondary N) is 2. The maximum Gasteiger partial charge on any atom is 0.191 e. The van der Waals surface area contributed by atoms with Gasteiger partial charge in [0.1, 0.15) is 12.7 Å². The molecule has 0 radical (unpaired) electrons. The monoisotopic (exact) mass is 397 g/mol. The summed E-state index contributed by atoms with van der Waals surface area (Å²) in [5.41, 5.74) is 2.40. The molecule has 0 bridgehead atoms. The zero-order valence-electron chi connectivity index (χ0n) is 17.8. The molecule has 1 saturated heterocycles. The molecule has 0 aliphatic carbocycles. The Morgan fingerprint density at radius 2 is 2.10 bits per heavy atom. The summed E-state index contributed by atoms with van der Waals surface area (Å²) in [7, 11) is 0. The molecule has 7 heteroatoms. The quantitative estimate of drug-likeness (QED) is 0.503. The second-order valence-electron chi connectivity index (χ2n) is 7.63. The number of benzene rings is 1. The molecule has 0 amide bonds. The van der Waals surface area contributed by atoms with Gasteiger partial charge in [0.2, 0.25) is 0 Å². The lowest BCUT2D eigenvalue weighted by atomic mass is 10.0. The first-order valence-corrected chi connectivity index (χ1v) is 10.9. The van der Waals surface area contributed by atoms with Gasteiger partial charge in [0.25, 0.3) is 0 Å². The van der Waals surface area contributed by atoms with Crippen LogP contribution in [0.15, 0.2) is 41.9 Å². The molecule has 1 atom stereocenters. The van der Waals surface area contributed by atoms with E-state index in [0.29, 0.717) is 6.54 Å². The predicted octanol–water partition coefficient (Wildman–Crippen LogP) is 2.65. The van der Waals surface area contributed by atoms with E-state index in [-0.39, 0.29) is 0 Å². The first kappa shape index (κ1) is 21.3. The Labute approximate surface area is 174 Å². The van der Waals surface area contributed by atoms with Crippen LogP contribution in [0.3, 0.4) is 0 Å². The normalized spacial score (nSPS) is 18.0. The Bertz CT molecular complexity index is 741. The Morgan fingerprint density at radius 1 is 1.21 bits per heavy atom. The van der Waals surface area contributed by atoms with Gasteiger partial charge in [-0.15, -0.1) is 0 Å². The standard InChI is InChI=1S/C22H35N7/c1-3-21-10-5-6-12-28(21)13-11-25-22(24-4-2)26-15-19-8-7-9-20(14-19)16-29-18-23-17-27-29/h7-9,14,17-18,21H,3-6,10-13,15-16H2,1-2H3,(H2,24,25,26). The van der Waals surface area contributed by atoms with Crippen molar-refractivity contribution in [3.05, 3.63) is 48.0 Å². The number of likely N-dealkylation sites (tertiary alicyclic amines) is 1. The van der Waals surface area contributed by atoms with Crippen LogP contribution in [-0.2, 0) is 13.1 Å². The molecule has 1 unspecified atom stereocenters. The molecule has 1 aliphatic heterocycles. The number of aliphatic imine (C=N–C) groups is 1. The van der Waals surface area contributed by atoms with Crippen molar-refractivity contribution in [3.63, 3.8) is 0 Å². The third-order valence-corrected chi connectivity index (χ3v) is 5.48. The Morgan fingerprint density at radius 3 is 2.90 bits per heavy atom. The molecule has 29 heavy (non-hydrogen) atoms. The smallest absolute Gasteiger partial charge is 0.191 e. The van der Waals surface area contributed by atoms with Crippen LogP contribution in [0.2, 0.25) is 0 Å². The summed E-state index contributed by atoms with van der Waals surface area (Å²) in [4.78, 5) is 11.4. The van der Waals surface area contributed by atoms with E-state index >= 15 is 0 Å². The molecule has 1 aliphatic rings. The van der Waals surface area contributed by atoms with Crippen molar-refractivity contribution in [2.75, 3.05) is 26.2 Å². The van der Waals surface area contributed by atoms with Crippen LogP contribution in [0.4, 0.5) is 0 Å². The molecule has 7 nitrogen and oxygen atoms in total. The molecule has 158 valence electrons. The zero-order chi connectivity index (χ0) is 20.3. The maximum absolute atomic E-state index is 4.78. The SMILES string of the molecule is CCNC(=NCc1cccc(Cn2cncn2)c1)NCCN1CCCCC1CC. The van der Waals surface area contributed by atoms with E-state index in [4.69, 9.17) is 4.99 Å². The topological polar surface area (TPSA) is 70.4 Å². The number of aromatic nitrogens is 3. The van der Waals surface area contributed by atoms with Gasteiger partial charge in [-0.1, -0.05) is 37.6 Å². The van der Waals surface area contributed by atoms with Crippen LogP contribution in [0.5, 0.6) is 0 Å². The molecule has 3 rings (SSSR count). The lowest BCUT2D eigenvalue weighted by molar-refractivity contribution is 0.147. The largest absolute Gasteiger partial charge is 0.357 e. The number of nitrogens with zero attached hydrogens (tertiary/aromatic N) is 5. The van der Waals surface area contributed by atoms with Crippen LogP contribution in [-0.4, -0.2) is 57.8 Å². The molecule has 1 aromatic carbocycles. The van der Waals surface area contributed by atoms with Gasteiger partial charge in [0.15, 0.2) is 5.96 Å². The summed E-state index contributed by atoms with van der Waals surface area (Å²) in [6.45, 7) is 9.88. The van der Waals surface area contributed by atoms with Gasteiger partial charge in [-0.2, -0.15) is 5.10 Å². The average Bonchev–Trinajstić information content (AvgIpc) is 3.25. The molecular weight excluding hydrogens is 362 g/mol. The van der Waals surface area contributed by atoms with Crippen LogP contribution >= 0.6 is 0 Å². The molecule has 2 aromatic rings. The van der Waals surface area contributed by atoms with Crippen molar-refractivity contribution in [2.45, 2.75) is 58.7 Å². The number of hydrogen-bond donors (Lipinski definition) is 2. The molecule has 0 saturated carbocycles. The van der Waals surface area contributed by atoms with E-state index in [1.54, 1.807) is 12.7 Å². The minimum Gasteiger partial charge on any atom is -0.357 e. The Balaban J connectivity index is 1.52. The fourth-order valence-electron chi connectivity index (χ4n) is 3.97. The number of rotatable bonds is 9. The van der Waals surface area contributed by atoms with Gasteiger partial charge in [-0.25, -0.2) is 14.7 Å². The third kappa shape index (κ3) is 6.85. The highest BCUT2D eigenvalue weighted by Crippen LogP contribution is 2.18. The summed E-state index contributed by atoms with van der Waals surface area (Å²) < 4.78 is 1.83. The molecule has 0 spiro atoms. The fraction of sp³-hybridized carbons (Fsp3) is 0.591. The highest BCUT2D eigenvalue weighted by Gasteiger charge is 2.19. The van der Waals surface area contributed by atoms with E-state index in [1.807, 2.05) is 4.68 Å². The van der Waals surface area contributed by atoms with Gasteiger partial charge in [-0.3, -0.25) is 4.90 Å². The first-order chi connectivity index (χ1) is 14.3. The molecule has 1 aromatic heterocycles. The van der Waals surface area contributed by atoms with Crippen molar-refractivity contribution in [1.29, 1.82) is 0 Å². The van der Waals surface area contributed by atoms with Crippen LogP contribution in [0, 0.1) is 0 Å². The summed E-state index contributed by atoms with van der Waals surface area (Å²) in [6, 6.07) is 9.25. The van der Waals surface area contributed by atoms with E-state index in [2.05, 4.69) is 63.7 Å². The van der Waals surface area contributed by atoms with Gasteiger partial charge >= 0.3 is 0 Å². The van der Waals surface area contributed by atoms with Crippen LogP contribution in [0.25, 0.3) is 0 Å². The van der Waals surface area contributed by atoms with Gasteiger partial charge in [0, 0.05) is 25.7 Å². The number of guanidine groups is 1. The van der Waals surface area contributed by atoms with Gasteiger partial charge < -0.3 is 10.6 Å². The van der Waals surface area contributed by atoms with Crippen molar-refractivity contribution in [1.82, 2.24) is 30.3 Å². The van der Waals surface area contributed by atoms with Crippen molar-refractivity contribution in [3.8, 4) is 0 Å². The van der Waals surface area contributed by atoms with E-state index < -0.39 is 0 Å². The van der Waals surface area contributed by atoms with E-state index in [1.165, 1.54) is 43.4 Å². The van der Waals surface area contributed by atoms with Crippen molar-refractivity contribution < 1.29 is 0 Å². The van der Waals surface area contributed by atoms with Gasteiger partial charge in [0.05, 0.1) is 13.1 Å². The number of piperidine rings is 1. The molecule has 2 heterocycles. The maximum atomic E-state index is 4.78. The predicted molar refractivity (Wildman–Crippen MR) is 118 cm³/mol. The summed E-state index contributed by atoms with van der Waals surface area (Å²) >= 11 is 0. The molecule has 1 fully saturated rings. The van der Waals surface area contributed by atoms with Crippen molar-refractivity contribution in [2.24, 2.45) is 4.99 Å². The summed E-state index contributed by atoms with van der Waals surface area (Å²) in [5.74, 6) is 0.888. The highest BCUT2D eigenvalue weighted by atomic mass is 15.3. The van der Waals surface area contributed by atoms with Gasteiger partial charge in [-0.05, 0) is 43.9 Å². The number of hydrogen-bond acceptors (Lipinski definition) is 4. The second-order valence-corrected chi connectivity index (χ2v) is 7.63. The Hall–Kier alpha value is -2.41. The second kappa shape index (κ2) is 11.6. The van der Waals surface area contributed by atoms with Crippen LogP contribution < -0.4 is 10.6 Å². The lowest BCUT2D eigenvalue weighted by Gasteiger charge is -2.35. The lowest BCUT2D eigenvalue weighted by Crippen LogP contribution is -2.45. The summed E-state index contributed by atoms with van der Waals surface area (Å²) in [5, 5.41) is 11.1. The molecular formula is C22H35N7. The van der Waals surface area contributed by atoms with Crippen molar-refractivity contribution >= 4 is 5.96 Å². The first-order valence-electron chi connectivity index (χ1n) is 10.9. The minimum atomic E-state index is 0.655. The third-order valence-electron chi connectivity index (χ3n) is 5.48. The Kier molecular flexibility index (Phi) is 8.49. The van der Waals surface area contributed by atoms with E-state index in [9.17, 15) is 0 Å².